The molecular weight excluding hydrogens is 321 g/mol. The molecule has 1 amide bonds. The average molecular weight is 345 g/mol. The third-order valence-electron chi connectivity index (χ3n) is 4.54. The zero-order chi connectivity index (χ0) is 17.8. The standard InChI is InChI=1S/C19H24FN3O2/c1-15-3-8-18(25-15)13-21(2)19(24)14-22-9-11-23(12-10-22)17-6-4-16(20)5-7-17/h3-8H,9-14H2,1-2H3. The van der Waals surface area contributed by atoms with Crippen LogP contribution in [0.2, 0.25) is 0 Å². The van der Waals surface area contributed by atoms with Gasteiger partial charge < -0.3 is 14.2 Å². The van der Waals surface area contributed by atoms with Crippen molar-refractivity contribution in [3.63, 3.8) is 0 Å². The van der Waals surface area contributed by atoms with Crippen LogP contribution in [0.1, 0.15) is 11.5 Å². The quantitative estimate of drug-likeness (QED) is 0.835. The van der Waals surface area contributed by atoms with Gasteiger partial charge in [0.15, 0.2) is 0 Å². The Balaban J connectivity index is 1.46. The maximum Gasteiger partial charge on any atom is 0.236 e. The molecule has 2 aromatic rings. The van der Waals surface area contributed by atoms with Crippen LogP contribution in [0.15, 0.2) is 40.8 Å². The number of likely N-dealkylation sites (N-methyl/N-ethyl adjacent to an activating group) is 1. The number of halogens is 1. The lowest BCUT2D eigenvalue weighted by Crippen LogP contribution is -2.49. The van der Waals surface area contributed by atoms with Gasteiger partial charge >= 0.3 is 0 Å². The highest BCUT2D eigenvalue weighted by atomic mass is 19.1. The number of anilines is 1. The van der Waals surface area contributed by atoms with Crippen molar-refractivity contribution >= 4 is 11.6 Å². The summed E-state index contributed by atoms with van der Waals surface area (Å²) < 4.78 is 18.5. The first-order valence-electron chi connectivity index (χ1n) is 8.53. The first kappa shape index (κ1) is 17.5. The van der Waals surface area contributed by atoms with E-state index in [0.717, 1.165) is 43.4 Å². The van der Waals surface area contributed by atoms with Crippen molar-refractivity contribution in [3.05, 3.63) is 53.7 Å². The van der Waals surface area contributed by atoms with E-state index < -0.39 is 0 Å². The zero-order valence-corrected chi connectivity index (χ0v) is 14.7. The summed E-state index contributed by atoms with van der Waals surface area (Å²) in [6, 6.07) is 10.4. The molecule has 0 unspecified atom stereocenters. The molecule has 1 aromatic heterocycles. The van der Waals surface area contributed by atoms with Crippen LogP contribution >= 0.6 is 0 Å². The molecule has 1 saturated heterocycles. The molecule has 0 spiro atoms. The van der Waals surface area contributed by atoms with E-state index in [2.05, 4.69) is 9.80 Å². The number of amides is 1. The molecule has 6 heteroatoms. The third kappa shape index (κ3) is 4.60. The summed E-state index contributed by atoms with van der Waals surface area (Å²) in [5.41, 5.74) is 1.03. The van der Waals surface area contributed by atoms with Crippen LogP contribution in [0.3, 0.4) is 0 Å². The molecule has 0 bridgehead atoms. The fraction of sp³-hybridized carbons (Fsp3) is 0.421. The van der Waals surface area contributed by atoms with Crippen molar-refractivity contribution in [2.45, 2.75) is 13.5 Å². The largest absolute Gasteiger partial charge is 0.464 e. The molecule has 1 aromatic carbocycles. The van der Waals surface area contributed by atoms with Crippen LogP contribution < -0.4 is 4.90 Å². The summed E-state index contributed by atoms with van der Waals surface area (Å²) in [5, 5.41) is 0. The number of hydrogen-bond acceptors (Lipinski definition) is 4. The van der Waals surface area contributed by atoms with Gasteiger partial charge in [-0.3, -0.25) is 9.69 Å². The van der Waals surface area contributed by atoms with E-state index in [-0.39, 0.29) is 11.7 Å². The Labute approximate surface area is 147 Å². The minimum absolute atomic E-state index is 0.0873. The zero-order valence-electron chi connectivity index (χ0n) is 14.7. The van der Waals surface area contributed by atoms with E-state index in [1.54, 1.807) is 24.1 Å². The van der Waals surface area contributed by atoms with Gasteiger partial charge in [0.2, 0.25) is 5.91 Å². The van der Waals surface area contributed by atoms with E-state index in [1.807, 2.05) is 19.1 Å². The number of rotatable bonds is 5. The topological polar surface area (TPSA) is 39.9 Å². The normalized spacial score (nSPS) is 15.4. The summed E-state index contributed by atoms with van der Waals surface area (Å²) in [7, 11) is 1.80. The monoisotopic (exact) mass is 345 g/mol. The van der Waals surface area contributed by atoms with Gasteiger partial charge in [-0.1, -0.05) is 0 Å². The van der Waals surface area contributed by atoms with Gasteiger partial charge in [-0.15, -0.1) is 0 Å². The highest BCUT2D eigenvalue weighted by molar-refractivity contribution is 5.78. The number of carbonyl (C=O) groups is 1. The van der Waals surface area contributed by atoms with Gasteiger partial charge in [0.05, 0.1) is 13.1 Å². The predicted molar refractivity (Wildman–Crippen MR) is 95.0 cm³/mol. The number of benzene rings is 1. The summed E-state index contributed by atoms with van der Waals surface area (Å²) >= 11 is 0. The molecule has 1 aliphatic rings. The molecule has 0 saturated carbocycles. The predicted octanol–water partition coefficient (Wildman–Crippen LogP) is 2.51. The summed E-state index contributed by atoms with van der Waals surface area (Å²) in [5.74, 6) is 1.52. The lowest BCUT2D eigenvalue weighted by atomic mass is 10.2. The molecule has 1 aliphatic heterocycles. The highest BCUT2D eigenvalue weighted by Crippen LogP contribution is 2.17. The molecule has 0 aliphatic carbocycles. The first-order valence-corrected chi connectivity index (χ1v) is 8.53. The number of furan rings is 1. The smallest absolute Gasteiger partial charge is 0.236 e. The second-order valence-electron chi connectivity index (χ2n) is 6.50. The molecule has 5 nitrogen and oxygen atoms in total. The van der Waals surface area contributed by atoms with E-state index >= 15 is 0 Å². The van der Waals surface area contributed by atoms with Crippen molar-refractivity contribution in [2.24, 2.45) is 0 Å². The molecule has 134 valence electrons. The summed E-state index contributed by atoms with van der Waals surface area (Å²) in [6.07, 6.45) is 0. The van der Waals surface area contributed by atoms with Gasteiger partial charge in [-0.25, -0.2) is 4.39 Å². The Morgan fingerprint density at radius 3 is 2.40 bits per heavy atom. The Morgan fingerprint density at radius 1 is 1.12 bits per heavy atom. The van der Waals surface area contributed by atoms with E-state index in [4.69, 9.17) is 4.42 Å². The molecule has 3 rings (SSSR count). The van der Waals surface area contributed by atoms with Gasteiger partial charge in [0.25, 0.3) is 0 Å². The van der Waals surface area contributed by atoms with Gasteiger partial charge in [0.1, 0.15) is 17.3 Å². The van der Waals surface area contributed by atoms with Crippen LogP contribution in [0.5, 0.6) is 0 Å². The summed E-state index contributed by atoms with van der Waals surface area (Å²) in [6.45, 7) is 6.09. The van der Waals surface area contributed by atoms with Crippen LogP contribution in [-0.2, 0) is 11.3 Å². The number of piperazine rings is 1. The maximum absolute atomic E-state index is 13.0. The fourth-order valence-electron chi connectivity index (χ4n) is 3.02. The van der Waals surface area contributed by atoms with Crippen molar-refractivity contribution < 1.29 is 13.6 Å². The van der Waals surface area contributed by atoms with Crippen molar-refractivity contribution in [2.75, 3.05) is 44.7 Å². The molecule has 0 atom stereocenters. The van der Waals surface area contributed by atoms with Gasteiger partial charge in [-0.05, 0) is 43.3 Å². The molecule has 25 heavy (non-hydrogen) atoms. The Kier molecular flexibility index (Phi) is 5.38. The second-order valence-corrected chi connectivity index (χ2v) is 6.50. The number of carbonyl (C=O) groups excluding carboxylic acids is 1. The number of nitrogens with zero attached hydrogens (tertiary/aromatic N) is 3. The minimum Gasteiger partial charge on any atom is -0.464 e. The van der Waals surface area contributed by atoms with Crippen molar-refractivity contribution in [1.29, 1.82) is 0 Å². The van der Waals surface area contributed by atoms with E-state index in [9.17, 15) is 9.18 Å². The Bertz CT molecular complexity index is 706. The molecule has 0 radical (unpaired) electrons. The van der Waals surface area contributed by atoms with Gasteiger partial charge in [0, 0.05) is 38.9 Å². The SMILES string of the molecule is Cc1ccc(CN(C)C(=O)CN2CCN(c3ccc(F)cc3)CC2)o1. The highest BCUT2D eigenvalue weighted by Gasteiger charge is 2.21. The van der Waals surface area contributed by atoms with Crippen molar-refractivity contribution in [1.82, 2.24) is 9.80 Å². The van der Waals surface area contributed by atoms with Gasteiger partial charge in [-0.2, -0.15) is 0 Å². The molecular formula is C19H24FN3O2. The molecule has 0 N–H and O–H groups in total. The number of hydrogen-bond donors (Lipinski definition) is 0. The minimum atomic E-state index is -0.220. The van der Waals surface area contributed by atoms with Crippen molar-refractivity contribution in [3.8, 4) is 0 Å². The molecule has 2 heterocycles. The van der Waals surface area contributed by atoms with Crippen LogP contribution in [0.25, 0.3) is 0 Å². The molecule has 1 fully saturated rings. The van der Waals surface area contributed by atoms with Crippen LogP contribution in [0, 0.1) is 12.7 Å². The van der Waals surface area contributed by atoms with Crippen LogP contribution in [0.4, 0.5) is 10.1 Å². The fourth-order valence-corrected chi connectivity index (χ4v) is 3.02. The summed E-state index contributed by atoms with van der Waals surface area (Å²) in [4.78, 5) is 18.5. The van der Waals surface area contributed by atoms with E-state index in [0.29, 0.717) is 13.1 Å². The Hall–Kier alpha value is -2.34. The average Bonchev–Trinajstić information content (AvgIpc) is 3.01. The third-order valence-corrected chi connectivity index (χ3v) is 4.54. The number of aryl methyl sites for hydroxylation is 1. The Morgan fingerprint density at radius 2 is 1.80 bits per heavy atom. The lowest BCUT2D eigenvalue weighted by molar-refractivity contribution is -0.132. The van der Waals surface area contributed by atoms with Crippen LogP contribution in [-0.4, -0.2) is 55.5 Å². The lowest BCUT2D eigenvalue weighted by Gasteiger charge is -2.36. The van der Waals surface area contributed by atoms with E-state index in [1.165, 1.54) is 12.1 Å². The second kappa shape index (κ2) is 7.70. The first-order chi connectivity index (χ1) is 12.0. The maximum atomic E-state index is 13.0.